The Hall–Kier alpha value is -1.18. The molecule has 4 rings (SSSR count). The van der Waals surface area contributed by atoms with Gasteiger partial charge in [-0.3, -0.25) is 18.0 Å². The molecule has 3 unspecified atom stereocenters. The molecular weight excluding hydrogens is 512 g/mol. The number of hydrogen-bond acceptors (Lipinski definition) is 10. The maximum absolute atomic E-state index is 12.8. The summed E-state index contributed by atoms with van der Waals surface area (Å²) in [5.41, 5.74) is -5.38. The molecule has 0 spiro atoms. The predicted molar refractivity (Wildman–Crippen MR) is 129 cm³/mol. The van der Waals surface area contributed by atoms with Gasteiger partial charge >= 0.3 is 0 Å². The number of carbonyl (C=O) groups excluding carboxylic acids is 2. The normalized spacial score (nSPS) is 46.9. The summed E-state index contributed by atoms with van der Waals surface area (Å²) >= 11 is 0. The van der Waals surface area contributed by atoms with Crippen molar-refractivity contribution in [3.63, 3.8) is 0 Å². The Kier molecular flexibility index (Phi) is 6.31. The van der Waals surface area contributed by atoms with E-state index in [-0.39, 0.29) is 24.5 Å². The van der Waals surface area contributed by atoms with E-state index >= 15 is 0 Å². The number of ketones is 2. The third-order valence-corrected chi connectivity index (χ3v) is 10.8. The molecule has 3 fully saturated rings. The van der Waals surface area contributed by atoms with Gasteiger partial charge in [-0.05, 0) is 74.3 Å². The largest absolute Gasteiger partial charge is 0.387 e. The van der Waals surface area contributed by atoms with Crippen LogP contribution in [0.2, 0.25) is 0 Å². The van der Waals surface area contributed by atoms with Crippen molar-refractivity contribution in [1.82, 2.24) is 0 Å². The van der Waals surface area contributed by atoms with Crippen molar-refractivity contribution in [2.75, 3.05) is 12.5 Å². The van der Waals surface area contributed by atoms with Gasteiger partial charge in [-0.2, -0.15) is 16.8 Å². The second-order valence-corrected chi connectivity index (χ2v) is 15.2. The molecule has 0 aromatic rings. The Labute approximate surface area is 212 Å². The summed E-state index contributed by atoms with van der Waals surface area (Å²) in [6.07, 6.45) is 1.75. The van der Waals surface area contributed by atoms with E-state index in [1.807, 2.05) is 6.92 Å². The van der Waals surface area contributed by atoms with Crippen LogP contribution in [0.5, 0.6) is 0 Å². The highest BCUT2D eigenvalue weighted by Crippen LogP contribution is 2.70. The van der Waals surface area contributed by atoms with Crippen molar-refractivity contribution >= 4 is 31.8 Å². The van der Waals surface area contributed by atoms with Gasteiger partial charge in [0, 0.05) is 11.8 Å². The molecule has 4 aliphatic carbocycles. The molecule has 36 heavy (non-hydrogen) atoms. The van der Waals surface area contributed by atoms with Crippen LogP contribution in [0, 0.1) is 28.6 Å². The molecule has 0 heterocycles. The molecule has 0 aliphatic heterocycles. The first kappa shape index (κ1) is 27.8. The molecule has 0 aromatic heterocycles. The van der Waals surface area contributed by atoms with Crippen molar-refractivity contribution in [1.29, 1.82) is 0 Å². The summed E-state index contributed by atoms with van der Waals surface area (Å²) in [6.45, 7) is 6.27. The van der Waals surface area contributed by atoms with Crippen molar-refractivity contribution < 1.29 is 45.0 Å². The monoisotopic (exact) mass is 548 g/mol. The average Bonchev–Trinajstić information content (AvgIpc) is 2.87. The summed E-state index contributed by atoms with van der Waals surface area (Å²) in [5, 5.41) is 23.1. The van der Waals surface area contributed by atoms with E-state index in [4.69, 9.17) is 8.37 Å². The first-order valence-corrected chi connectivity index (χ1v) is 15.8. The van der Waals surface area contributed by atoms with Gasteiger partial charge in [0.05, 0.1) is 18.1 Å². The zero-order chi connectivity index (χ0) is 27.3. The van der Waals surface area contributed by atoms with Crippen LogP contribution < -0.4 is 0 Å². The minimum Gasteiger partial charge on any atom is -0.387 e. The fourth-order valence-corrected chi connectivity index (χ4v) is 9.48. The lowest BCUT2D eigenvalue weighted by Gasteiger charge is -2.61. The van der Waals surface area contributed by atoms with E-state index in [1.54, 1.807) is 6.92 Å². The highest BCUT2D eigenvalue weighted by Gasteiger charge is 2.75. The van der Waals surface area contributed by atoms with Crippen LogP contribution in [0.25, 0.3) is 0 Å². The number of Topliss-reactive ketones (excluding diaryl/α,β-unsaturated/α-hetero) is 1. The van der Waals surface area contributed by atoms with Gasteiger partial charge in [0.1, 0.15) is 12.2 Å². The van der Waals surface area contributed by atoms with Crippen LogP contribution in [-0.4, -0.2) is 74.5 Å². The van der Waals surface area contributed by atoms with Crippen molar-refractivity contribution in [2.45, 2.75) is 83.2 Å². The minimum absolute atomic E-state index is 0.0238. The molecule has 2 N–H and O–H groups in total. The SMILES string of the molecule is CC(=O)[C@@]1(O)C(C)(O)C[C@H]2[C@@H]3C(OS(C)(=O)=O)C(OS(C)(=O)=O)C4=CC(=O)CC[C@]4(C)[C@H]3CC[C@@]21C. The number of hydrogen-bond donors (Lipinski definition) is 2. The Balaban J connectivity index is 1.98. The van der Waals surface area contributed by atoms with Crippen LogP contribution in [0.15, 0.2) is 11.6 Å². The van der Waals surface area contributed by atoms with Gasteiger partial charge in [0.15, 0.2) is 17.2 Å². The Morgan fingerprint density at radius 3 is 2.11 bits per heavy atom. The maximum atomic E-state index is 12.8. The van der Waals surface area contributed by atoms with E-state index in [1.165, 1.54) is 19.9 Å². The van der Waals surface area contributed by atoms with E-state index in [9.17, 15) is 36.6 Å². The standard InChI is InChI=1S/C24H36O10S2/c1-13(25)24(28)22(3)10-8-15-18(17(22)12-23(24,4)27)20(34-36(6,31)32)19(33-35(5,29)30)16-11-14(26)7-9-21(15,16)2/h11,15,17-20,27-28H,7-10,12H2,1-6H3/t15-,17-,18+,19?,20?,21+,22-,23?,24-/m0/s1. The van der Waals surface area contributed by atoms with Gasteiger partial charge < -0.3 is 10.2 Å². The third-order valence-electron chi connectivity index (χ3n) is 9.69. The number of carbonyl (C=O) groups is 2. The van der Waals surface area contributed by atoms with E-state index < -0.39 is 72.1 Å². The first-order valence-electron chi connectivity index (χ1n) is 12.2. The summed E-state index contributed by atoms with van der Waals surface area (Å²) in [7, 11) is -8.26. The van der Waals surface area contributed by atoms with Gasteiger partial charge in [-0.25, -0.2) is 0 Å². The first-order chi connectivity index (χ1) is 16.2. The van der Waals surface area contributed by atoms with Crippen LogP contribution in [0.4, 0.5) is 0 Å². The molecule has 4 aliphatic rings. The molecule has 204 valence electrons. The quantitative estimate of drug-likeness (QED) is 0.476. The second kappa shape index (κ2) is 8.16. The predicted octanol–water partition coefficient (Wildman–Crippen LogP) is 1.11. The lowest BCUT2D eigenvalue weighted by atomic mass is 9.45. The highest BCUT2D eigenvalue weighted by molar-refractivity contribution is 7.86. The van der Waals surface area contributed by atoms with E-state index in [2.05, 4.69) is 0 Å². The second-order valence-electron chi connectivity index (χ2n) is 12.0. The zero-order valence-corrected chi connectivity index (χ0v) is 23.1. The van der Waals surface area contributed by atoms with Gasteiger partial charge in [0.2, 0.25) is 0 Å². The average molecular weight is 549 g/mol. The summed E-state index contributed by atoms with van der Waals surface area (Å²) in [4.78, 5) is 25.3. The van der Waals surface area contributed by atoms with Crippen LogP contribution in [0.1, 0.15) is 59.8 Å². The summed E-state index contributed by atoms with van der Waals surface area (Å²) < 4.78 is 60.7. The van der Waals surface area contributed by atoms with Gasteiger partial charge in [-0.1, -0.05) is 13.8 Å². The molecule has 0 bridgehead atoms. The van der Waals surface area contributed by atoms with Crippen molar-refractivity contribution in [2.24, 2.45) is 28.6 Å². The minimum atomic E-state index is -4.14. The molecule has 9 atom stereocenters. The molecule has 10 nitrogen and oxygen atoms in total. The number of fused-ring (bicyclic) bond motifs is 5. The highest BCUT2D eigenvalue weighted by atomic mass is 32.2. The molecular formula is C24H36O10S2. The Morgan fingerprint density at radius 2 is 1.58 bits per heavy atom. The molecule has 0 radical (unpaired) electrons. The molecule has 12 heteroatoms. The molecule has 0 aromatic carbocycles. The molecule has 3 saturated carbocycles. The van der Waals surface area contributed by atoms with Crippen LogP contribution in [-0.2, 0) is 38.2 Å². The topological polar surface area (TPSA) is 161 Å². The fraction of sp³-hybridized carbons (Fsp3) is 0.833. The van der Waals surface area contributed by atoms with Gasteiger partial charge in [-0.15, -0.1) is 0 Å². The fourth-order valence-electron chi connectivity index (χ4n) is 8.26. The Morgan fingerprint density at radius 1 is 1.00 bits per heavy atom. The number of rotatable bonds is 5. The van der Waals surface area contributed by atoms with E-state index in [0.717, 1.165) is 12.5 Å². The van der Waals surface area contributed by atoms with Crippen LogP contribution in [0.3, 0.4) is 0 Å². The smallest absolute Gasteiger partial charge is 0.265 e. The molecule has 0 amide bonds. The third kappa shape index (κ3) is 3.94. The zero-order valence-electron chi connectivity index (χ0n) is 21.5. The van der Waals surface area contributed by atoms with E-state index in [0.29, 0.717) is 24.8 Å². The maximum Gasteiger partial charge on any atom is 0.265 e. The van der Waals surface area contributed by atoms with Crippen LogP contribution >= 0.6 is 0 Å². The number of aliphatic hydroxyl groups is 2. The lowest BCUT2D eigenvalue weighted by Crippen LogP contribution is -2.66. The summed E-state index contributed by atoms with van der Waals surface area (Å²) in [5.74, 6) is -2.37. The summed E-state index contributed by atoms with van der Waals surface area (Å²) in [6, 6.07) is 0. The van der Waals surface area contributed by atoms with Gasteiger partial charge in [0.25, 0.3) is 20.2 Å². The molecule has 0 saturated heterocycles. The van der Waals surface area contributed by atoms with Crippen molar-refractivity contribution in [3.05, 3.63) is 11.6 Å². The lowest BCUT2D eigenvalue weighted by molar-refractivity contribution is -0.198. The Bertz CT molecular complexity index is 1240. The van der Waals surface area contributed by atoms with Crippen molar-refractivity contribution in [3.8, 4) is 0 Å².